The van der Waals surface area contributed by atoms with Crippen molar-refractivity contribution in [3.63, 3.8) is 0 Å². The van der Waals surface area contributed by atoms with Crippen molar-refractivity contribution in [1.29, 1.82) is 0 Å². The van der Waals surface area contributed by atoms with E-state index in [4.69, 9.17) is 17.3 Å². The fourth-order valence-corrected chi connectivity index (χ4v) is 1.47. The summed E-state index contributed by atoms with van der Waals surface area (Å²) in [6.45, 7) is 0. The predicted octanol–water partition coefficient (Wildman–Crippen LogP) is 2.73. The van der Waals surface area contributed by atoms with E-state index in [1.54, 1.807) is 0 Å². The molecule has 0 aliphatic rings. The molecule has 0 atom stereocenters. The molecule has 17 heavy (non-hydrogen) atoms. The summed E-state index contributed by atoms with van der Waals surface area (Å²) in [5, 5.41) is 2.49. The summed E-state index contributed by atoms with van der Waals surface area (Å²) in [6.07, 6.45) is 2.68. The van der Waals surface area contributed by atoms with Gasteiger partial charge in [-0.15, -0.1) is 0 Å². The van der Waals surface area contributed by atoms with Gasteiger partial charge in [-0.05, 0) is 6.07 Å². The first-order valence-corrected chi connectivity index (χ1v) is 4.93. The molecule has 0 unspecified atom stereocenters. The van der Waals surface area contributed by atoms with Gasteiger partial charge < -0.3 is 11.1 Å². The standard InChI is InChI=1S/C10H7ClF2N4/c11-6-1-5(12)2-7(13)10(6)17-9-4-15-3-8(14)16-9/h1-4H,(H3,14,16,17). The number of nitrogens with one attached hydrogen (secondary N) is 1. The zero-order valence-electron chi connectivity index (χ0n) is 8.42. The van der Waals surface area contributed by atoms with Gasteiger partial charge in [0, 0.05) is 6.07 Å². The second kappa shape index (κ2) is 4.50. The van der Waals surface area contributed by atoms with Crippen LogP contribution >= 0.6 is 11.6 Å². The Labute approximate surface area is 100 Å². The lowest BCUT2D eigenvalue weighted by Crippen LogP contribution is -2.00. The number of benzene rings is 1. The number of aromatic nitrogens is 2. The van der Waals surface area contributed by atoms with E-state index in [1.165, 1.54) is 12.4 Å². The van der Waals surface area contributed by atoms with Crippen LogP contribution in [0.25, 0.3) is 0 Å². The maximum Gasteiger partial charge on any atom is 0.151 e. The van der Waals surface area contributed by atoms with E-state index in [-0.39, 0.29) is 22.3 Å². The SMILES string of the molecule is Nc1cncc(Nc2c(F)cc(F)cc2Cl)n1. The number of hydrogen-bond acceptors (Lipinski definition) is 4. The predicted molar refractivity (Wildman–Crippen MR) is 61.1 cm³/mol. The summed E-state index contributed by atoms with van der Waals surface area (Å²) in [4.78, 5) is 7.63. The molecule has 88 valence electrons. The van der Waals surface area contributed by atoms with Crippen molar-refractivity contribution in [2.45, 2.75) is 0 Å². The van der Waals surface area contributed by atoms with Gasteiger partial charge in [0.15, 0.2) is 11.6 Å². The average molecular weight is 257 g/mol. The van der Waals surface area contributed by atoms with E-state index in [0.29, 0.717) is 6.07 Å². The average Bonchev–Trinajstić information content (AvgIpc) is 2.23. The van der Waals surface area contributed by atoms with Gasteiger partial charge in [-0.2, -0.15) is 0 Å². The quantitative estimate of drug-likeness (QED) is 0.867. The molecule has 4 nitrogen and oxygen atoms in total. The first kappa shape index (κ1) is 11.5. The summed E-state index contributed by atoms with van der Waals surface area (Å²) in [5.74, 6) is -1.18. The molecule has 0 fully saturated rings. The van der Waals surface area contributed by atoms with Crippen LogP contribution in [0.15, 0.2) is 24.5 Å². The molecule has 7 heteroatoms. The molecular formula is C10H7ClF2N4. The van der Waals surface area contributed by atoms with Crippen LogP contribution in [0.5, 0.6) is 0 Å². The molecule has 0 saturated heterocycles. The summed E-state index contributed by atoms with van der Waals surface area (Å²) < 4.78 is 26.2. The third kappa shape index (κ3) is 2.59. The van der Waals surface area contributed by atoms with Gasteiger partial charge in [-0.25, -0.2) is 13.8 Å². The second-order valence-corrected chi connectivity index (χ2v) is 3.61. The highest BCUT2D eigenvalue weighted by Gasteiger charge is 2.10. The van der Waals surface area contributed by atoms with Crippen LogP contribution in [0.4, 0.5) is 26.1 Å². The second-order valence-electron chi connectivity index (χ2n) is 3.20. The van der Waals surface area contributed by atoms with Crippen LogP contribution in [-0.4, -0.2) is 9.97 Å². The highest BCUT2D eigenvalue weighted by Crippen LogP contribution is 2.28. The lowest BCUT2D eigenvalue weighted by atomic mass is 10.3. The van der Waals surface area contributed by atoms with Crippen LogP contribution in [0.3, 0.4) is 0 Å². The topological polar surface area (TPSA) is 63.8 Å². The van der Waals surface area contributed by atoms with E-state index < -0.39 is 11.6 Å². The number of nitrogens with two attached hydrogens (primary N) is 1. The van der Waals surface area contributed by atoms with Gasteiger partial charge in [-0.3, -0.25) is 4.98 Å². The zero-order chi connectivity index (χ0) is 12.4. The molecule has 0 aliphatic carbocycles. The first-order chi connectivity index (χ1) is 8.06. The molecule has 3 N–H and O–H groups in total. The number of rotatable bonds is 2. The van der Waals surface area contributed by atoms with Crippen molar-refractivity contribution in [3.05, 3.63) is 41.2 Å². The van der Waals surface area contributed by atoms with Crippen molar-refractivity contribution in [2.75, 3.05) is 11.1 Å². The fraction of sp³-hybridized carbons (Fsp3) is 0. The maximum absolute atomic E-state index is 13.4. The van der Waals surface area contributed by atoms with Gasteiger partial charge in [-0.1, -0.05) is 11.6 Å². The van der Waals surface area contributed by atoms with Crippen LogP contribution in [0, 0.1) is 11.6 Å². The maximum atomic E-state index is 13.4. The van der Waals surface area contributed by atoms with Crippen LogP contribution in [0.1, 0.15) is 0 Å². The summed E-state index contributed by atoms with van der Waals surface area (Å²) in [6, 6.07) is 1.71. The first-order valence-electron chi connectivity index (χ1n) is 4.55. The van der Waals surface area contributed by atoms with Crippen molar-refractivity contribution in [2.24, 2.45) is 0 Å². The smallest absolute Gasteiger partial charge is 0.151 e. The normalized spacial score (nSPS) is 10.3. The Hall–Kier alpha value is -1.95. The number of halogens is 3. The monoisotopic (exact) mass is 256 g/mol. The van der Waals surface area contributed by atoms with E-state index >= 15 is 0 Å². The Morgan fingerprint density at radius 1 is 1.24 bits per heavy atom. The van der Waals surface area contributed by atoms with E-state index in [1.807, 2.05) is 0 Å². The molecule has 0 aliphatic heterocycles. The van der Waals surface area contributed by atoms with Crippen LogP contribution in [-0.2, 0) is 0 Å². The number of anilines is 3. The largest absolute Gasteiger partial charge is 0.382 e. The van der Waals surface area contributed by atoms with Crippen LogP contribution < -0.4 is 11.1 Å². The minimum Gasteiger partial charge on any atom is -0.382 e. The highest BCUT2D eigenvalue weighted by molar-refractivity contribution is 6.33. The molecule has 1 aromatic carbocycles. The molecule has 2 rings (SSSR count). The minimum absolute atomic E-state index is 0.0760. The number of nitrogens with zero attached hydrogens (tertiary/aromatic N) is 2. The van der Waals surface area contributed by atoms with Gasteiger partial charge in [0.1, 0.15) is 11.6 Å². The summed E-state index contributed by atoms with van der Waals surface area (Å²) in [5.41, 5.74) is 5.34. The van der Waals surface area contributed by atoms with Gasteiger partial charge in [0.05, 0.1) is 23.1 Å². The molecular weight excluding hydrogens is 250 g/mol. The lowest BCUT2D eigenvalue weighted by molar-refractivity contribution is 0.586. The molecule has 1 heterocycles. The molecule has 0 spiro atoms. The molecule has 0 radical (unpaired) electrons. The van der Waals surface area contributed by atoms with E-state index in [2.05, 4.69) is 15.3 Å². The van der Waals surface area contributed by atoms with E-state index in [9.17, 15) is 8.78 Å². The van der Waals surface area contributed by atoms with Crippen molar-refractivity contribution in [1.82, 2.24) is 9.97 Å². The fourth-order valence-electron chi connectivity index (χ4n) is 1.23. The van der Waals surface area contributed by atoms with Gasteiger partial charge in [0.25, 0.3) is 0 Å². The molecule has 0 saturated carbocycles. The van der Waals surface area contributed by atoms with Crippen molar-refractivity contribution >= 4 is 28.9 Å². The Morgan fingerprint density at radius 2 is 2.00 bits per heavy atom. The van der Waals surface area contributed by atoms with Gasteiger partial charge >= 0.3 is 0 Å². The number of nitrogen functional groups attached to an aromatic ring is 1. The zero-order valence-corrected chi connectivity index (χ0v) is 9.17. The summed E-state index contributed by atoms with van der Waals surface area (Å²) in [7, 11) is 0. The van der Waals surface area contributed by atoms with Gasteiger partial charge in [0.2, 0.25) is 0 Å². The Bertz CT molecular complexity index is 539. The van der Waals surface area contributed by atoms with Crippen molar-refractivity contribution in [3.8, 4) is 0 Å². The molecule has 1 aromatic heterocycles. The Kier molecular flexibility index (Phi) is 3.06. The van der Waals surface area contributed by atoms with Crippen LogP contribution in [0.2, 0.25) is 5.02 Å². The highest BCUT2D eigenvalue weighted by atomic mass is 35.5. The molecule has 0 bridgehead atoms. The lowest BCUT2D eigenvalue weighted by Gasteiger charge is -2.08. The van der Waals surface area contributed by atoms with E-state index in [0.717, 1.165) is 6.07 Å². The number of hydrogen-bond donors (Lipinski definition) is 2. The Balaban J connectivity index is 2.36. The Morgan fingerprint density at radius 3 is 2.65 bits per heavy atom. The minimum atomic E-state index is -0.820. The van der Waals surface area contributed by atoms with Crippen molar-refractivity contribution < 1.29 is 8.78 Å². The third-order valence-electron chi connectivity index (χ3n) is 1.91. The summed E-state index contributed by atoms with van der Waals surface area (Å²) >= 11 is 5.70. The molecule has 0 amide bonds. The third-order valence-corrected chi connectivity index (χ3v) is 2.21. The molecule has 2 aromatic rings.